The first-order valence-corrected chi connectivity index (χ1v) is 6.18. The number of carbonyl (C=O) groups excluding carboxylic acids is 1. The van der Waals surface area contributed by atoms with Crippen molar-refractivity contribution in [3.8, 4) is 0 Å². The molecule has 20 heavy (non-hydrogen) atoms. The smallest absolute Gasteiger partial charge is 0.272 e. The Morgan fingerprint density at radius 3 is 3.00 bits per heavy atom. The first-order valence-electron chi connectivity index (χ1n) is 6.18. The summed E-state index contributed by atoms with van der Waals surface area (Å²) in [5.74, 6) is -0.188. The number of nitrogens with one attached hydrogen (secondary N) is 2. The zero-order chi connectivity index (χ0) is 13.8. The maximum atomic E-state index is 11.9. The lowest BCUT2D eigenvalue weighted by molar-refractivity contribution is 0.102. The van der Waals surface area contributed by atoms with E-state index in [1.807, 2.05) is 18.2 Å². The summed E-state index contributed by atoms with van der Waals surface area (Å²) in [6.45, 7) is 0.569. The van der Waals surface area contributed by atoms with Crippen LogP contribution in [0, 0.1) is 0 Å². The highest BCUT2D eigenvalue weighted by Gasteiger charge is 2.08. The summed E-state index contributed by atoms with van der Waals surface area (Å²) >= 11 is 0. The van der Waals surface area contributed by atoms with E-state index in [2.05, 4.69) is 20.4 Å². The van der Waals surface area contributed by atoms with Gasteiger partial charge in [-0.2, -0.15) is 5.10 Å². The molecule has 3 heterocycles. The molecule has 0 spiro atoms. The minimum Gasteiger partial charge on any atom is -0.357 e. The molecule has 1 amide bonds. The van der Waals surface area contributed by atoms with E-state index in [1.54, 1.807) is 41.6 Å². The van der Waals surface area contributed by atoms with Crippen molar-refractivity contribution < 1.29 is 4.79 Å². The summed E-state index contributed by atoms with van der Waals surface area (Å²) < 4.78 is 1.73. The third-order valence-electron chi connectivity index (χ3n) is 2.78. The van der Waals surface area contributed by atoms with E-state index in [-0.39, 0.29) is 5.91 Å². The van der Waals surface area contributed by atoms with Gasteiger partial charge in [0.25, 0.3) is 5.91 Å². The van der Waals surface area contributed by atoms with Gasteiger partial charge in [-0.3, -0.25) is 14.5 Å². The zero-order valence-electron chi connectivity index (χ0n) is 10.7. The highest BCUT2D eigenvalue weighted by atomic mass is 16.1. The van der Waals surface area contributed by atoms with Crippen LogP contribution < -0.4 is 5.32 Å². The van der Waals surface area contributed by atoms with Crippen LogP contribution in [-0.2, 0) is 6.54 Å². The lowest BCUT2D eigenvalue weighted by atomic mass is 10.3. The van der Waals surface area contributed by atoms with Gasteiger partial charge >= 0.3 is 0 Å². The molecule has 0 aliphatic rings. The third kappa shape index (κ3) is 2.74. The second kappa shape index (κ2) is 5.40. The first-order chi connectivity index (χ1) is 9.81. The monoisotopic (exact) mass is 267 g/mol. The standard InChI is InChI=1S/C14H13N5O/c20-14(13-5-3-7-16-13)18-12-8-17-19(10-12)9-11-4-1-2-6-15-11/h1-8,10,16H,9H2,(H,18,20). The highest BCUT2D eigenvalue weighted by molar-refractivity contribution is 6.02. The van der Waals surface area contributed by atoms with Crippen LogP contribution >= 0.6 is 0 Å². The number of amides is 1. The number of pyridine rings is 1. The van der Waals surface area contributed by atoms with E-state index in [0.29, 0.717) is 17.9 Å². The summed E-state index contributed by atoms with van der Waals surface area (Å²) in [6, 6.07) is 9.22. The minimum absolute atomic E-state index is 0.188. The Morgan fingerprint density at radius 1 is 1.30 bits per heavy atom. The Labute approximate surface area is 115 Å². The molecular weight excluding hydrogens is 254 g/mol. The number of carbonyl (C=O) groups is 1. The Bertz CT molecular complexity index is 687. The van der Waals surface area contributed by atoms with Gasteiger partial charge in [0.2, 0.25) is 0 Å². The summed E-state index contributed by atoms with van der Waals surface area (Å²) in [4.78, 5) is 18.9. The number of hydrogen-bond donors (Lipinski definition) is 2. The number of hydrogen-bond acceptors (Lipinski definition) is 3. The van der Waals surface area contributed by atoms with Crippen LogP contribution in [0.1, 0.15) is 16.2 Å². The van der Waals surface area contributed by atoms with Gasteiger partial charge in [-0.1, -0.05) is 6.07 Å². The highest BCUT2D eigenvalue weighted by Crippen LogP contribution is 2.08. The molecule has 0 bridgehead atoms. The lowest BCUT2D eigenvalue weighted by Crippen LogP contribution is -2.11. The fourth-order valence-electron chi connectivity index (χ4n) is 1.84. The molecule has 100 valence electrons. The summed E-state index contributed by atoms with van der Waals surface area (Å²) in [7, 11) is 0. The van der Waals surface area contributed by atoms with E-state index in [1.165, 1.54) is 0 Å². The van der Waals surface area contributed by atoms with Crippen molar-refractivity contribution in [1.82, 2.24) is 19.7 Å². The fourth-order valence-corrected chi connectivity index (χ4v) is 1.84. The SMILES string of the molecule is O=C(Nc1cnn(Cc2ccccn2)c1)c1ccc[nH]1. The molecule has 2 N–H and O–H groups in total. The van der Waals surface area contributed by atoms with Gasteiger partial charge in [0.15, 0.2) is 0 Å². The zero-order valence-corrected chi connectivity index (χ0v) is 10.7. The summed E-state index contributed by atoms with van der Waals surface area (Å²) in [6.07, 6.45) is 6.84. The van der Waals surface area contributed by atoms with E-state index in [4.69, 9.17) is 0 Å². The van der Waals surface area contributed by atoms with Crippen molar-refractivity contribution >= 4 is 11.6 Å². The van der Waals surface area contributed by atoms with Crippen LogP contribution in [0.25, 0.3) is 0 Å². The average molecular weight is 267 g/mol. The molecule has 0 aliphatic carbocycles. The maximum Gasteiger partial charge on any atom is 0.272 e. The van der Waals surface area contributed by atoms with Crippen molar-refractivity contribution in [3.63, 3.8) is 0 Å². The minimum atomic E-state index is -0.188. The van der Waals surface area contributed by atoms with Crippen LogP contribution in [0.4, 0.5) is 5.69 Å². The van der Waals surface area contributed by atoms with Gasteiger partial charge in [-0.25, -0.2) is 0 Å². The van der Waals surface area contributed by atoms with Crippen molar-refractivity contribution in [2.75, 3.05) is 5.32 Å². The van der Waals surface area contributed by atoms with Crippen molar-refractivity contribution in [2.24, 2.45) is 0 Å². The molecule has 3 aromatic heterocycles. The average Bonchev–Trinajstić information content (AvgIpc) is 3.11. The van der Waals surface area contributed by atoms with Gasteiger partial charge in [-0.05, 0) is 24.3 Å². The Hall–Kier alpha value is -2.89. The van der Waals surface area contributed by atoms with E-state index < -0.39 is 0 Å². The topological polar surface area (TPSA) is 75.6 Å². The predicted molar refractivity (Wildman–Crippen MR) is 74.3 cm³/mol. The molecular formula is C14H13N5O. The number of rotatable bonds is 4. The van der Waals surface area contributed by atoms with Gasteiger partial charge < -0.3 is 10.3 Å². The fraction of sp³-hybridized carbons (Fsp3) is 0.0714. The van der Waals surface area contributed by atoms with Gasteiger partial charge in [-0.15, -0.1) is 0 Å². The van der Waals surface area contributed by atoms with Crippen LogP contribution in [0.3, 0.4) is 0 Å². The van der Waals surface area contributed by atoms with Crippen molar-refractivity contribution in [2.45, 2.75) is 6.54 Å². The van der Waals surface area contributed by atoms with Gasteiger partial charge in [0.1, 0.15) is 5.69 Å². The van der Waals surface area contributed by atoms with Crippen LogP contribution in [0.5, 0.6) is 0 Å². The quantitative estimate of drug-likeness (QED) is 0.758. The molecule has 0 saturated carbocycles. The van der Waals surface area contributed by atoms with Crippen molar-refractivity contribution in [3.05, 3.63) is 66.5 Å². The van der Waals surface area contributed by atoms with Crippen molar-refractivity contribution in [1.29, 1.82) is 0 Å². The van der Waals surface area contributed by atoms with Crippen LogP contribution in [0.15, 0.2) is 55.1 Å². The molecule has 0 aliphatic heterocycles. The van der Waals surface area contributed by atoms with E-state index in [9.17, 15) is 4.79 Å². The number of aromatic nitrogens is 4. The number of nitrogens with zero attached hydrogens (tertiary/aromatic N) is 3. The van der Waals surface area contributed by atoms with Gasteiger partial charge in [0.05, 0.1) is 24.1 Å². The molecule has 0 aromatic carbocycles. The predicted octanol–water partition coefficient (Wildman–Crippen LogP) is 1.91. The largest absolute Gasteiger partial charge is 0.357 e. The molecule has 3 rings (SSSR count). The van der Waals surface area contributed by atoms with Crippen LogP contribution in [0.2, 0.25) is 0 Å². The Kier molecular flexibility index (Phi) is 3.28. The lowest BCUT2D eigenvalue weighted by Gasteiger charge is -2.01. The molecule has 0 fully saturated rings. The molecule has 0 radical (unpaired) electrons. The molecule has 6 heteroatoms. The summed E-state index contributed by atoms with van der Waals surface area (Å²) in [5.41, 5.74) is 2.08. The molecule has 0 saturated heterocycles. The second-order valence-corrected chi connectivity index (χ2v) is 4.29. The molecule has 6 nitrogen and oxygen atoms in total. The first kappa shape index (κ1) is 12.2. The molecule has 0 unspecified atom stereocenters. The maximum absolute atomic E-state index is 11.9. The second-order valence-electron chi connectivity index (χ2n) is 4.29. The Balaban J connectivity index is 1.67. The van der Waals surface area contributed by atoms with E-state index >= 15 is 0 Å². The molecule has 3 aromatic rings. The Morgan fingerprint density at radius 2 is 2.25 bits per heavy atom. The number of anilines is 1. The number of aromatic amines is 1. The van der Waals surface area contributed by atoms with E-state index in [0.717, 1.165) is 5.69 Å². The summed E-state index contributed by atoms with van der Waals surface area (Å²) in [5, 5.41) is 6.97. The molecule has 0 atom stereocenters. The third-order valence-corrected chi connectivity index (χ3v) is 2.78. The number of H-pyrrole nitrogens is 1. The van der Waals surface area contributed by atoms with Crippen LogP contribution in [-0.4, -0.2) is 25.7 Å². The van der Waals surface area contributed by atoms with Gasteiger partial charge in [0, 0.05) is 18.6 Å². The normalized spacial score (nSPS) is 10.4.